The maximum Gasteiger partial charge on any atom is 0.212 e. The first-order chi connectivity index (χ1) is 7.13. The van der Waals surface area contributed by atoms with Gasteiger partial charge in [0.1, 0.15) is 0 Å². The minimum absolute atomic E-state index is 0. The molecule has 1 unspecified atom stereocenters. The van der Waals surface area contributed by atoms with Crippen molar-refractivity contribution in [3.8, 4) is 0 Å². The van der Waals surface area contributed by atoms with Crippen LogP contribution < -0.4 is 17.2 Å². The number of nitrogens with zero attached hydrogens (tertiary/aromatic N) is 2. The lowest BCUT2D eigenvalue weighted by molar-refractivity contribution is 0.629. The molecule has 0 bridgehead atoms. The largest absolute Gasteiger partial charge is 0.370 e. The van der Waals surface area contributed by atoms with Crippen molar-refractivity contribution < 1.29 is 0 Å². The van der Waals surface area contributed by atoms with Crippen LogP contribution in [0.2, 0.25) is 0 Å². The molecule has 17 heavy (non-hydrogen) atoms. The number of halogens is 2. The Hall–Kier alpha value is -0.180. The van der Waals surface area contributed by atoms with Crippen LogP contribution in [0.25, 0.3) is 0 Å². The SMILES string of the molecule is Br.Br.CC(CCCN)c1csc(N=C(N)N)n1. The van der Waals surface area contributed by atoms with E-state index in [0.717, 1.165) is 25.1 Å². The second-order valence-corrected chi connectivity index (χ2v) is 4.26. The lowest BCUT2D eigenvalue weighted by Gasteiger charge is -2.05. The Balaban J connectivity index is 0. The van der Waals surface area contributed by atoms with Crippen LogP contribution in [-0.4, -0.2) is 17.5 Å². The third kappa shape index (κ3) is 6.97. The molecule has 1 rings (SSSR count). The monoisotopic (exact) mass is 387 g/mol. The molecule has 0 spiro atoms. The van der Waals surface area contributed by atoms with Gasteiger partial charge in [-0.3, -0.25) is 0 Å². The van der Waals surface area contributed by atoms with Gasteiger partial charge in [-0.15, -0.1) is 45.3 Å². The van der Waals surface area contributed by atoms with Gasteiger partial charge in [0.25, 0.3) is 0 Å². The second kappa shape index (κ2) is 9.81. The van der Waals surface area contributed by atoms with Crippen molar-refractivity contribution in [3.63, 3.8) is 0 Å². The van der Waals surface area contributed by atoms with Crippen LogP contribution >= 0.6 is 45.3 Å². The third-order valence-corrected chi connectivity index (χ3v) is 2.83. The molecule has 100 valence electrons. The van der Waals surface area contributed by atoms with E-state index in [1.54, 1.807) is 0 Å². The number of guanidine groups is 1. The van der Waals surface area contributed by atoms with E-state index in [9.17, 15) is 0 Å². The van der Waals surface area contributed by atoms with Crippen molar-refractivity contribution in [2.24, 2.45) is 22.2 Å². The molecule has 0 fully saturated rings. The van der Waals surface area contributed by atoms with E-state index in [1.807, 2.05) is 5.38 Å². The van der Waals surface area contributed by atoms with E-state index in [2.05, 4.69) is 16.9 Å². The number of hydrogen-bond donors (Lipinski definition) is 3. The average molecular weight is 389 g/mol. The van der Waals surface area contributed by atoms with Gasteiger partial charge in [0.05, 0.1) is 5.69 Å². The van der Waals surface area contributed by atoms with Gasteiger partial charge in [-0.25, -0.2) is 4.98 Å². The standard InChI is InChI=1S/C9H17N5S.2BrH/c1-6(3-2-4-10)7-5-15-9(13-7)14-8(11)12;;/h5-6H,2-4,10H2,1H3,(H4,11,12,13,14);2*1H. The van der Waals surface area contributed by atoms with Gasteiger partial charge in [-0.05, 0) is 25.3 Å². The van der Waals surface area contributed by atoms with E-state index in [4.69, 9.17) is 17.2 Å². The van der Waals surface area contributed by atoms with Crippen LogP contribution in [0, 0.1) is 0 Å². The fourth-order valence-corrected chi connectivity index (χ4v) is 2.06. The smallest absolute Gasteiger partial charge is 0.212 e. The summed E-state index contributed by atoms with van der Waals surface area (Å²) >= 11 is 1.45. The van der Waals surface area contributed by atoms with Crippen LogP contribution in [0.3, 0.4) is 0 Å². The third-order valence-electron chi connectivity index (χ3n) is 2.08. The van der Waals surface area contributed by atoms with Gasteiger partial charge in [0, 0.05) is 5.38 Å². The van der Waals surface area contributed by atoms with Crippen LogP contribution in [0.15, 0.2) is 10.4 Å². The highest BCUT2D eigenvalue weighted by Gasteiger charge is 2.09. The average Bonchev–Trinajstić information content (AvgIpc) is 2.61. The summed E-state index contributed by atoms with van der Waals surface area (Å²) in [6.07, 6.45) is 2.05. The van der Waals surface area contributed by atoms with Gasteiger partial charge in [0.2, 0.25) is 5.13 Å². The van der Waals surface area contributed by atoms with Gasteiger partial charge in [0.15, 0.2) is 5.96 Å². The molecule has 0 radical (unpaired) electrons. The second-order valence-electron chi connectivity index (χ2n) is 3.42. The Morgan fingerprint density at radius 3 is 2.65 bits per heavy atom. The Labute approximate surface area is 126 Å². The van der Waals surface area contributed by atoms with Crippen LogP contribution in [0.4, 0.5) is 5.13 Å². The maximum atomic E-state index is 5.45. The number of rotatable bonds is 5. The highest BCUT2D eigenvalue weighted by Crippen LogP contribution is 2.26. The molecular formula is C9H19Br2N5S. The fourth-order valence-electron chi connectivity index (χ4n) is 1.24. The molecule has 1 heterocycles. The summed E-state index contributed by atoms with van der Waals surface area (Å²) in [5.41, 5.74) is 17.0. The van der Waals surface area contributed by atoms with E-state index in [1.165, 1.54) is 11.3 Å². The zero-order valence-electron chi connectivity index (χ0n) is 9.63. The number of thiazole rings is 1. The first kappa shape index (κ1) is 19.2. The summed E-state index contributed by atoms with van der Waals surface area (Å²) < 4.78 is 0. The first-order valence-corrected chi connectivity index (χ1v) is 5.76. The molecule has 1 aromatic heterocycles. The molecule has 0 amide bonds. The Morgan fingerprint density at radius 2 is 2.12 bits per heavy atom. The van der Waals surface area contributed by atoms with Crippen LogP contribution in [-0.2, 0) is 0 Å². The summed E-state index contributed by atoms with van der Waals surface area (Å²) in [6, 6.07) is 0. The molecule has 8 heteroatoms. The molecule has 0 aliphatic rings. The highest BCUT2D eigenvalue weighted by molar-refractivity contribution is 8.93. The zero-order chi connectivity index (χ0) is 11.3. The normalized spacial score (nSPS) is 10.9. The minimum Gasteiger partial charge on any atom is -0.370 e. The zero-order valence-corrected chi connectivity index (χ0v) is 13.9. The summed E-state index contributed by atoms with van der Waals surface area (Å²) in [5.74, 6) is 0.457. The fraction of sp³-hybridized carbons (Fsp3) is 0.556. The van der Waals surface area contributed by atoms with E-state index in [-0.39, 0.29) is 39.9 Å². The molecule has 0 saturated heterocycles. The number of aliphatic imine (C=N–C) groups is 1. The van der Waals surface area contributed by atoms with Gasteiger partial charge in [-0.1, -0.05) is 6.92 Å². The topological polar surface area (TPSA) is 103 Å². The quantitative estimate of drug-likeness (QED) is 0.530. The van der Waals surface area contributed by atoms with E-state index >= 15 is 0 Å². The van der Waals surface area contributed by atoms with Crippen molar-refractivity contribution in [2.75, 3.05) is 6.54 Å². The predicted molar refractivity (Wildman–Crippen MR) is 84.9 cm³/mol. The van der Waals surface area contributed by atoms with Crippen molar-refractivity contribution >= 4 is 56.4 Å². The highest BCUT2D eigenvalue weighted by atomic mass is 79.9. The molecule has 1 aromatic rings. The van der Waals surface area contributed by atoms with Gasteiger partial charge < -0.3 is 17.2 Å². The number of aromatic nitrogens is 1. The summed E-state index contributed by atoms with van der Waals surface area (Å²) in [5, 5.41) is 2.60. The molecule has 0 aliphatic heterocycles. The van der Waals surface area contributed by atoms with E-state index < -0.39 is 0 Å². The Morgan fingerprint density at radius 1 is 1.47 bits per heavy atom. The van der Waals surface area contributed by atoms with Crippen molar-refractivity contribution in [2.45, 2.75) is 25.7 Å². The van der Waals surface area contributed by atoms with Crippen molar-refractivity contribution in [1.82, 2.24) is 4.98 Å². The van der Waals surface area contributed by atoms with Gasteiger partial charge >= 0.3 is 0 Å². The van der Waals surface area contributed by atoms with Crippen molar-refractivity contribution in [3.05, 3.63) is 11.1 Å². The summed E-state index contributed by atoms with van der Waals surface area (Å²) in [7, 11) is 0. The summed E-state index contributed by atoms with van der Waals surface area (Å²) in [4.78, 5) is 8.23. The van der Waals surface area contributed by atoms with Gasteiger partial charge in [-0.2, -0.15) is 4.99 Å². The maximum absolute atomic E-state index is 5.45. The lowest BCUT2D eigenvalue weighted by atomic mass is 10.0. The molecule has 5 nitrogen and oxygen atoms in total. The number of hydrogen-bond acceptors (Lipinski definition) is 4. The number of nitrogens with two attached hydrogens (primary N) is 3. The van der Waals surface area contributed by atoms with Crippen LogP contribution in [0.5, 0.6) is 0 Å². The lowest BCUT2D eigenvalue weighted by Crippen LogP contribution is -2.21. The molecular weight excluding hydrogens is 370 g/mol. The van der Waals surface area contributed by atoms with Crippen molar-refractivity contribution in [1.29, 1.82) is 0 Å². The minimum atomic E-state index is 0. The molecule has 0 aromatic carbocycles. The molecule has 1 atom stereocenters. The Kier molecular flexibility index (Phi) is 11.1. The predicted octanol–water partition coefficient (Wildman–Crippen LogP) is 2.05. The molecule has 0 aliphatic carbocycles. The Bertz CT molecular complexity index is 338. The first-order valence-electron chi connectivity index (χ1n) is 4.88. The van der Waals surface area contributed by atoms with Crippen LogP contribution in [0.1, 0.15) is 31.4 Å². The van der Waals surface area contributed by atoms with E-state index in [0.29, 0.717) is 11.0 Å². The molecule has 0 saturated carbocycles. The molecule has 6 N–H and O–H groups in total. The summed E-state index contributed by atoms with van der Waals surface area (Å²) in [6.45, 7) is 2.85.